The third-order valence-corrected chi connectivity index (χ3v) is 4.50. The van der Waals surface area contributed by atoms with Gasteiger partial charge < -0.3 is 5.73 Å². The first-order valence-electron chi connectivity index (χ1n) is 5.81. The molecule has 1 aromatic carbocycles. The summed E-state index contributed by atoms with van der Waals surface area (Å²) in [4.78, 5) is 4.06. The predicted octanol–water partition coefficient (Wildman–Crippen LogP) is 2.73. The monoisotopic (exact) mass is 311 g/mol. The van der Waals surface area contributed by atoms with E-state index in [0.717, 1.165) is 5.56 Å². The Bertz CT molecular complexity index is 743. The molecule has 2 aromatic rings. The van der Waals surface area contributed by atoms with E-state index in [-0.39, 0.29) is 15.7 Å². The molecule has 2 rings (SSSR count). The standard InChI is InChI=1S/C13H14ClN3O2S/c1-8-3-4-13(16-7-8)17-20(18,19)12-6-10(14)5-11(15)9(12)2/h3-7H,15H2,1-2H3,(H,16,17). The summed E-state index contributed by atoms with van der Waals surface area (Å²) >= 11 is 5.86. The van der Waals surface area contributed by atoms with Gasteiger partial charge in [0, 0.05) is 16.9 Å². The summed E-state index contributed by atoms with van der Waals surface area (Å²) in [5.41, 5.74) is 7.46. The van der Waals surface area contributed by atoms with Crippen molar-refractivity contribution in [1.82, 2.24) is 4.98 Å². The average Bonchev–Trinajstić information content (AvgIpc) is 2.36. The SMILES string of the molecule is Cc1ccc(NS(=O)(=O)c2cc(Cl)cc(N)c2C)nc1. The van der Waals surface area contributed by atoms with E-state index < -0.39 is 10.0 Å². The second kappa shape index (κ2) is 5.30. The molecule has 0 aliphatic rings. The molecule has 0 amide bonds. The number of sulfonamides is 1. The van der Waals surface area contributed by atoms with Gasteiger partial charge in [0.15, 0.2) is 0 Å². The largest absolute Gasteiger partial charge is 0.398 e. The van der Waals surface area contributed by atoms with Gasteiger partial charge in [0.2, 0.25) is 0 Å². The summed E-state index contributed by atoms with van der Waals surface area (Å²) in [6.45, 7) is 3.50. The normalized spacial score (nSPS) is 11.3. The van der Waals surface area contributed by atoms with Crippen LogP contribution in [-0.2, 0) is 10.0 Å². The van der Waals surface area contributed by atoms with Gasteiger partial charge in [-0.25, -0.2) is 13.4 Å². The van der Waals surface area contributed by atoms with Crippen LogP contribution in [0.2, 0.25) is 5.02 Å². The van der Waals surface area contributed by atoms with Crippen molar-refractivity contribution in [2.24, 2.45) is 0 Å². The number of nitrogens with two attached hydrogens (primary N) is 1. The van der Waals surface area contributed by atoms with Crippen LogP contribution in [0.4, 0.5) is 11.5 Å². The minimum Gasteiger partial charge on any atom is -0.398 e. The van der Waals surface area contributed by atoms with E-state index in [4.69, 9.17) is 17.3 Å². The topological polar surface area (TPSA) is 85.1 Å². The van der Waals surface area contributed by atoms with Crippen molar-refractivity contribution in [3.8, 4) is 0 Å². The van der Waals surface area contributed by atoms with E-state index in [9.17, 15) is 8.42 Å². The quantitative estimate of drug-likeness (QED) is 0.853. The maximum Gasteiger partial charge on any atom is 0.263 e. The lowest BCUT2D eigenvalue weighted by atomic mass is 10.2. The molecule has 0 fully saturated rings. The second-order valence-corrected chi connectivity index (χ2v) is 6.53. The molecule has 0 aliphatic heterocycles. The van der Waals surface area contributed by atoms with Crippen molar-refractivity contribution >= 4 is 33.1 Å². The minimum atomic E-state index is -3.78. The van der Waals surface area contributed by atoms with Crippen LogP contribution in [0.3, 0.4) is 0 Å². The first kappa shape index (κ1) is 14.6. The molecule has 1 heterocycles. The number of nitrogens with zero attached hydrogens (tertiary/aromatic N) is 1. The Labute approximate surface area is 122 Å². The van der Waals surface area contributed by atoms with Crippen molar-refractivity contribution in [2.75, 3.05) is 10.5 Å². The Morgan fingerprint density at radius 2 is 1.95 bits per heavy atom. The lowest BCUT2D eigenvalue weighted by molar-refractivity contribution is 0.600. The molecule has 20 heavy (non-hydrogen) atoms. The third-order valence-electron chi connectivity index (χ3n) is 2.80. The third kappa shape index (κ3) is 3.02. The van der Waals surface area contributed by atoms with E-state index in [1.807, 2.05) is 6.92 Å². The molecule has 0 saturated heterocycles. The molecular formula is C13H14ClN3O2S. The van der Waals surface area contributed by atoms with Crippen LogP contribution in [0.15, 0.2) is 35.4 Å². The van der Waals surface area contributed by atoms with Crippen LogP contribution in [0.5, 0.6) is 0 Å². The number of nitrogens with one attached hydrogen (secondary N) is 1. The zero-order valence-corrected chi connectivity index (χ0v) is 12.6. The van der Waals surface area contributed by atoms with Crippen LogP contribution in [0.25, 0.3) is 0 Å². The average molecular weight is 312 g/mol. The van der Waals surface area contributed by atoms with Gasteiger partial charge in [-0.2, -0.15) is 0 Å². The van der Waals surface area contributed by atoms with Gasteiger partial charge in [0.05, 0.1) is 4.90 Å². The summed E-state index contributed by atoms with van der Waals surface area (Å²) in [7, 11) is -3.78. The van der Waals surface area contributed by atoms with E-state index >= 15 is 0 Å². The fourth-order valence-electron chi connectivity index (χ4n) is 1.67. The fraction of sp³-hybridized carbons (Fsp3) is 0.154. The first-order valence-corrected chi connectivity index (χ1v) is 7.67. The Morgan fingerprint density at radius 1 is 1.25 bits per heavy atom. The number of anilines is 2. The number of benzene rings is 1. The van der Waals surface area contributed by atoms with E-state index in [1.54, 1.807) is 25.3 Å². The van der Waals surface area contributed by atoms with Crippen molar-refractivity contribution in [3.05, 3.63) is 46.6 Å². The van der Waals surface area contributed by atoms with Gasteiger partial charge in [-0.15, -0.1) is 0 Å². The van der Waals surface area contributed by atoms with Crippen molar-refractivity contribution < 1.29 is 8.42 Å². The zero-order valence-electron chi connectivity index (χ0n) is 11.0. The van der Waals surface area contributed by atoms with Crippen molar-refractivity contribution in [1.29, 1.82) is 0 Å². The summed E-state index contributed by atoms with van der Waals surface area (Å²) in [5, 5.41) is 0.269. The molecule has 0 saturated carbocycles. The number of rotatable bonds is 3. The molecule has 7 heteroatoms. The number of hydrogen-bond acceptors (Lipinski definition) is 4. The molecular weight excluding hydrogens is 298 g/mol. The van der Waals surface area contributed by atoms with Crippen molar-refractivity contribution in [2.45, 2.75) is 18.7 Å². The summed E-state index contributed by atoms with van der Waals surface area (Å²) in [5.74, 6) is 0.244. The summed E-state index contributed by atoms with van der Waals surface area (Å²) in [6, 6.07) is 6.24. The van der Waals surface area contributed by atoms with Gasteiger partial charge >= 0.3 is 0 Å². The van der Waals surface area contributed by atoms with Crippen molar-refractivity contribution in [3.63, 3.8) is 0 Å². The lowest BCUT2D eigenvalue weighted by Gasteiger charge is -2.12. The van der Waals surface area contributed by atoms with E-state index in [1.165, 1.54) is 12.1 Å². The number of hydrogen-bond donors (Lipinski definition) is 2. The van der Waals surface area contributed by atoms with E-state index in [2.05, 4.69) is 9.71 Å². The molecule has 0 unspecified atom stereocenters. The van der Waals surface area contributed by atoms with Gasteiger partial charge in [0.25, 0.3) is 10.0 Å². The molecule has 106 valence electrons. The fourth-order valence-corrected chi connectivity index (χ4v) is 3.27. The Balaban J connectivity index is 2.43. The highest BCUT2D eigenvalue weighted by Gasteiger charge is 2.19. The predicted molar refractivity (Wildman–Crippen MR) is 80.4 cm³/mol. The molecule has 5 nitrogen and oxygen atoms in total. The highest BCUT2D eigenvalue weighted by Crippen LogP contribution is 2.27. The number of nitrogen functional groups attached to an aromatic ring is 1. The zero-order chi connectivity index (χ0) is 14.9. The highest BCUT2D eigenvalue weighted by atomic mass is 35.5. The van der Waals surface area contributed by atoms with E-state index in [0.29, 0.717) is 11.3 Å². The number of halogens is 1. The first-order chi connectivity index (χ1) is 9.29. The molecule has 0 bridgehead atoms. The molecule has 0 aliphatic carbocycles. The molecule has 1 aromatic heterocycles. The minimum absolute atomic E-state index is 0.0462. The maximum atomic E-state index is 12.3. The molecule has 0 atom stereocenters. The Hall–Kier alpha value is -1.79. The summed E-state index contributed by atoms with van der Waals surface area (Å²) in [6.07, 6.45) is 1.58. The van der Waals surface area contributed by atoms with Crippen LogP contribution in [0.1, 0.15) is 11.1 Å². The number of aryl methyl sites for hydroxylation is 1. The van der Waals surface area contributed by atoms with Crippen LogP contribution in [-0.4, -0.2) is 13.4 Å². The van der Waals surface area contributed by atoms with Gasteiger partial charge in [0.1, 0.15) is 5.82 Å². The Kier molecular flexibility index (Phi) is 3.87. The second-order valence-electron chi connectivity index (χ2n) is 4.44. The van der Waals surface area contributed by atoms with Gasteiger partial charge in [-0.3, -0.25) is 4.72 Å². The number of pyridine rings is 1. The molecule has 0 spiro atoms. The smallest absolute Gasteiger partial charge is 0.263 e. The van der Waals surface area contributed by atoms with Crippen LogP contribution in [0, 0.1) is 13.8 Å². The van der Waals surface area contributed by atoms with Gasteiger partial charge in [-0.05, 0) is 43.2 Å². The Morgan fingerprint density at radius 3 is 2.55 bits per heavy atom. The highest BCUT2D eigenvalue weighted by molar-refractivity contribution is 7.92. The number of aromatic nitrogens is 1. The van der Waals surface area contributed by atoms with Crippen LogP contribution < -0.4 is 10.5 Å². The molecule has 0 radical (unpaired) electrons. The molecule has 3 N–H and O–H groups in total. The van der Waals surface area contributed by atoms with Gasteiger partial charge in [-0.1, -0.05) is 17.7 Å². The summed E-state index contributed by atoms with van der Waals surface area (Å²) < 4.78 is 27.1. The maximum absolute atomic E-state index is 12.3. The lowest BCUT2D eigenvalue weighted by Crippen LogP contribution is -2.15. The van der Waals surface area contributed by atoms with Crippen LogP contribution >= 0.6 is 11.6 Å².